The van der Waals surface area contributed by atoms with Crippen molar-refractivity contribution < 1.29 is 0 Å². The molecule has 3 atom stereocenters. The maximum absolute atomic E-state index is 7.93. The van der Waals surface area contributed by atoms with Gasteiger partial charge in [-0.1, -0.05) is 63.5 Å². The molecule has 1 heteroatoms. The van der Waals surface area contributed by atoms with Crippen LogP contribution in [0.5, 0.6) is 0 Å². The number of hydrogen-bond donors (Lipinski definition) is 1. The van der Waals surface area contributed by atoms with Gasteiger partial charge in [-0.05, 0) is 56.4 Å². The van der Waals surface area contributed by atoms with Gasteiger partial charge in [0, 0.05) is 5.71 Å². The Morgan fingerprint density at radius 1 is 1.33 bits per heavy atom. The number of hydrogen-bond acceptors (Lipinski definition) is 1. The van der Waals surface area contributed by atoms with Crippen LogP contribution >= 0.6 is 0 Å². The van der Waals surface area contributed by atoms with Crippen molar-refractivity contribution in [1.29, 1.82) is 5.41 Å². The van der Waals surface area contributed by atoms with Crippen LogP contribution in [0.1, 0.15) is 67.2 Å². The molecule has 0 heterocycles. The molecule has 0 saturated heterocycles. The fraction of sp³-hybridized carbons (Fsp3) is 0.650. The molecule has 21 heavy (non-hydrogen) atoms. The summed E-state index contributed by atoms with van der Waals surface area (Å²) in [7, 11) is 0. The number of allylic oxidation sites excluding steroid dienone is 6. The monoisotopic (exact) mass is 287 g/mol. The first-order valence-electron chi connectivity index (χ1n) is 8.53. The van der Waals surface area contributed by atoms with E-state index in [9.17, 15) is 0 Å². The molecule has 1 nitrogen and oxygen atoms in total. The van der Waals surface area contributed by atoms with Crippen LogP contribution < -0.4 is 0 Å². The van der Waals surface area contributed by atoms with E-state index in [4.69, 9.17) is 5.41 Å². The molecule has 0 aromatic heterocycles. The SMILES string of the molecule is CCCC(C/C(C)=C/[C@H](C)C1=CC(C)C(CC)=C1)C(C)=N. The average Bonchev–Trinajstić information content (AvgIpc) is 2.79. The van der Waals surface area contributed by atoms with Gasteiger partial charge in [-0.3, -0.25) is 0 Å². The summed E-state index contributed by atoms with van der Waals surface area (Å²) in [4.78, 5) is 0. The number of rotatable bonds is 8. The second-order valence-electron chi connectivity index (χ2n) is 6.70. The third-order valence-electron chi connectivity index (χ3n) is 4.67. The number of nitrogens with one attached hydrogen (secondary N) is 1. The van der Waals surface area contributed by atoms with Crippen molar-refractivity contribution in [1.82, 2.24) is 0 Å². The van der Waals surface area contributed by atoms with E-state index in [0.29, 0.717) is 17.8 Å². The zero-order valence-corrected chi connectivity index (χ0v) is 14.8. The molecule has 0 saturated carbocycles. The molecule has 1 aliphatic rings. The summed E-state index contributed by atoms with van der Waals surface area (Å²) in [5.74, 6) is 1.53. The highest BCUT2D eigenvalue weighted by molar-refractivity contribution is 5.81. The molecule has 0 amide bonds. The first-order valence-corrected chi connectivity index (χ1v) is 8.53. The van der Waals surface area contributed by atoms with Crippen molar-refractivity contribution in [2.45, 2.75) is 67.2 Å². The topological polar surface area (TPSA) is 23.9 Å². The van der Waals surface area contributed by atoms with Gasteiger partial charge in [-0.15, -0.1) is 0 Å². The lowest BCUT2D eigenvalue weighted by Gasteiger charge is -2.16. The van der Waals surface area contributed by atoms with Gasteiger partial charge in [0.2, 0.25) is 0 Å². The highest BCUT2D eigenvalue weighted by atomic mass is 14.4. The minimum atomic E-state index is 0.427. The summed E-state index contributed by atoms with van der Waals surface area (Å²) < 4.78 is 0. The van der Waals surface area contributed by atoms with Crippen LogP contribution in [0.4, 0.5) is 0 Å². The van der Waals surface area contributed by atoms with Crippen molar-refractivity contribution in [2.24, 2.45) is 17.8 Å². The summed E-state index contributed by atoms with van der Waals surface area (Å²) in [5, 5.41) is 7.93. The minimum absolute atomic E-state index is 0.427. The van der Waals surface area contributed by atoms with Gasteiger partial charge in [0.25, 0.3) is 0 Å². The molecule has 118 valence electrons. The molecule has 1 rings (SSSR count). The largest absolute Gasteiger partial charge is 0.310 e. The lowest BCUT2D eigenvalue weighted by molar-refractivity contribution is 0.599. The zero-order chi connectivity index (χ0) is 16.0. The Labute approximate surface area is 131 Å². The second kappa shape index (κ2) is 8.36. The third kappa shape index (κ3) is 5.30. The molecule has 0 aliphatic heterocycles. The van der Waals surface area contributed by atoms with Crippen LogP contribution in [0.2, 0.25) is 0 Å². The molecular formula is C20H33N. The Hall–Kier alpha value is -1.11. The molecule has 1 N–H and O–H groups in total. The summed E-state index contributed by atoms with van der Waals surface area (Å²) >= 11 is 0. The molecule has 0 aromatic rings. The molecule has 0 aromatic carbocycles. The van der Waals surface area contributed by atoms with Crippen LogP contribution in [0.25, 0.3) is 0 Å². The van der Waals surface area contributed by atoms with E-state index in [1.165, 1.54) is 11.1 Å². The molecule has 0 spiro atoms. The Morgan fingerprint density at radius 2 is 2.00 bits per heavy atom. The van der Waals surface area contributed by atoms with Gasteiger partial charge in [-0.2, -0.15) is 0 Å². The summed E-state index contributed by atoms with van der Waals surface area (Å²) in [6, 6.07) is 0. The van der Waals surface area contributed by atoms with E-state index in [0.717, 1.165) is 31.4 Å². The van der Waals surface area contributed by atoms with Crippen molar-refractivity contribution in [3.05, 3.63) is 34.9 Å². The van der Waals surface area contributed by atoms with Crippen molar-refractivity contribution >= 4 is 5.71 Å². The Kier molecular flexibility index (Phi) is 7.14. The highest BCUT2D eigenvalue weighted by Crippen LogP contribution is 2.31. The first kappa shape index (κ1) is 17.9. The predicted molar refractivity (Wildman–Crippen MR) is 95.0 cm³/mol. The Bertz CT molecular complexity index is 450. The second-order valence-corrected chi connectivity index (χ2v) is 6.70. The lowest BCUT2D eigenvalue weighted by atomic mass is 9.89. The smallest absolute Gasteiger partial charge is 0.00922 e. The van der Waals surface area contributed by atoms with Crippen molar-refractivity contribution in [2.75, 3.05) is 0 Å². The Morgan fingerprint density at radius 3 is 2.48 bits per heavy atom. The maximum atomic E-state index is 7.93. The molecular weight excluding hydrogens is 254 g/mol. The van der Waals surface area contributed by atoms with Gasteiger partial charge in [0.05, 0.1) is 0 Å². The van der Waals surface area contributed by atoms with E-state index < -0.39 is 0 Å². The normalized spacial score (nSPS) is 21.8. The van der Waals surface area contributed by atoms with E-state index in [2.05, 4.69) is 52.8 Å². The standard InChI is InChI=1S/C20H33N/c1-7-9-19(17(6)21)11-14(3)10-15(4)20-12-16(5)18(8-2)13-20/h10,12-13,15-16,19,21H,7-9,11H2,1-6H3/b14-10+,21-17?/t15-,16?,19?/m0/s1. The minimum Gasteiger partial charge on any atom is -0.310 e. The van der Waals surface area contributed by atoms with Crippen LogP contribution in [-0.4, -0.2) is 5.71 Å². The van der Waals surface area contributed by atoms with Crippen molar-refractivity contribution in [3.8, 4) is 0 Å². The van der Waals surface area contributed by atoms with Crippen LogP contribution in [0, 0.1) is 23.2 Å². The van der Waals surface area contributed by atoms with Gasteiger partial charge in [0.15, 0.2) is 0 Å². The fourth-order valence-corrected chi connectivity index (χ4v) is 3.30. The average molecular weight is 287 g/mol. The van der Waals surface area contributed by atoms with Gasteiger partial charge in [-0.25, -0.2) is 0 Å². The van der Waals surface area contributed by atoms with Gasteiger partial charge < -0.3 is 5.41 Å². The van der Waals surface area contributed by atoms with Crippen LogP contribution in [-0.2, 0) is 0 Å². The van der Waals surface area contributed by atoms with E-state index in [1.807, 2.05) is 6.92 Å². The molecule has 0 bridgehead atoms. The molecule has 0 fully saturated rings. The first-order chi connectivity index (χ1) is 9.88. The zero-order valence-electron chi connectivity index (χ0n) is 14.8. The third-order valence-corrected chi connectivity index (χ3v) is 4.67. The highest BCUT2D eigenvalue weighted by Gasteiger charge is 2.17. The van der Waals surface area contributed by atoms with Gasteiger partial charge in [0.1, 0.15) is 0 Å². The summed E-state index contributed by atoms with van der Waals surface area (Å²) in [5.41, 5.74) is 5.29. The Balaban J connectivity index is 2.71. The van der Waals surface area contributed by atoms with Crippen LogP contribution in [0.3, 0.4) is 0 Å². The molecule has 0 radical (unpaired) electrons. The van der Waals surface area contributed by atoms with E-state index in [1.54, 1.807) is 5.57 Å². The predicted octanol–water partition coefficient (Wildman–Crippen LogP) is 6.33. The van der Waals surface area contributed by atoms with Crippen molar-refractivity contribution in [3.63, 3.8) is 0 Å². The fourth-order valence-electron chi connectivity index (χ4n) is 3.30. The van der Waals surface area contributed by atoms with E-state index >= 15 is 0 Å². The maximum Gasteiger partial charge on any atom is 0.00922 e. The quantitative estimate of drug-likeness (QED) is 0.398. The molecule has 2 unspecified atom stereocenters. The summed E-state index contributed by atoms with van der Waals surface area (Å²) in [6.45, 7) is 13.2. The van der Waals surface area contributed by atoms with Crippen LogP contribution in [0.15, 0.2) is 34.9 Å². The van der Waals surface area contributed by atoms with Gasteiger partial charge >= 0.3 is 0 Å². The van der Waals surface area contributed by atoms with E-state index in [-0.39, 0.29) is 0 Å². The summed E-state index contributed by atoms with van der Waals surface area (Å²) in [6.07, 6.45) is 11.7. The molecule has 1 aliphatic carbocycles. The lowest BCUT2D eigenvalue weighted by Crippen LogP contribution is -2.10.